The first-order chi connectivity index (χ1) is 40.4. The molecule has 12 N–H and O–H groups in total. The number of hydrogen-bond donors (Lipinski definition) is 9. The number of ether oxygens (including phenoxy) is 1. The Morgan fingerprint density at radius 1 is 0.430 bits per heavy atom. The zero-order valence-electron chi connectivity index (χ0n) is 50.6. The number of carboxylic acid groups (broad SMARTS) is 4. The number of rotatable bonds is 18. The molecule has 16 bridgehead atoms. The minimum atomic E-state index is -0.947. The molecular formula is C68H74N9O9+. The number of H-pyrrole nitrogens is 4. The molecule has 18 nitrogen and oxygen atoms in total. The van der Waals surface area contributed by atoms with Crippen molar-refractivity contribution in [2.24, 2.45) is 0 Å². The number of carbonyl (C=O) groups is 4. The fourth-order valence-electron chi connectivity index (χ4n) is 12.5. The summed E-state index contributed by atoms with van der Waals surface area (Å²) in [7, 11) is 0. The normalized spacial score (nSPS) is 14.0. The Morgan fingerprint density at radius 2 is 0.779 bits per heavy atom. The Bertz CT molecular complexity index is 4420. The van der Waals surface area contributed by atoms with E-state index >= 15 is 0 Å². The molecule has 2 atom stereocenters. The Hall–Kier alpha value is -9.52. The van der Waals surface area contributed by atoms with Crippen LogP contribution in [-0.4, -0.2) is 90.3 Å². The van der Waals surface area contributed by atoms with Crippen LogP contribution in [0.2, 0.25) is 0 Å². The van der Waals surface area contributed by atoms with Crippen LogP contribution >= 0.6 is 0 Å². The number of nitrogens with one attached hydrogen (secondary N) is 4. The Balaban J connectivity index is 0.00000884. The Morgan fingerprint density at radius 3 is 1.26 bits per heavy atom. The first kappa shape index (κ1) is 61.1. The van der Waals surface area contributed by atoms with Crippen LogP contribution in [0.1, 0.15) is 183 Å². The predicted octanol–water partition coefficient (Wildman–Crippen LogP) is 15.3. The van der Waals surface area contributed by atoms with Gasteiger partial charge in [-0.15, -0.1) is 0 Å². The van der Waals surface area contributed by atoms with Crippen molar-refractivity contribution in [1.82, 2.24) is 46.0 Å². The largest absolute Gasteiger partial charge is 0.481 e. The lowest BCUT2D eigenvalue weighted by atomic mass is 9.98. The Labute approximate surface area is 497 Å². The van der Waals surface area contributed by atoms with Crippen molar-refractivity contribution in [2.75, 3.05) is 0 Å². The summed E-state index contributed by atoms with van der Waals surface area (Å²) in [6.07, 6.45) is 3.00. The number of quaternary nitrogens is 1. The molecule has 10 rings (SSSR count). The number of carboxylic acids is 4. The molecule has 0 saturated heterocycles. The quantitative estimate of drug-likeness (QED) is 0.0387. The number of nitrogens with zero attached hydrogens (tertiary/aromatic N) is 4. The first-order valence-corrected chi connectivity index (χ1v) is 28.5. The van der Waals surface area contributed by atoms with E-state index in [0.717, 1.165) is 128 Å². The maximum Gasteiger partial charge on any atom is 0.303 e. The molecule has 86 heavy (non-hydrogen) atoms. The first-order valence-electron chi connectivity index (χ1n) is 28.5. The van der Waals surface area contributed by atoms with Crippen LogP contribution in [0.3, 0.4) is 0 Å². The summed E-state index contributed by atoms with van der Waals surface area (Å²) >= 11 is 0. The molecule has 2 unspecified atom stereocenters. The molecule has 0 amide bonds. The van der Waals surface area contributed by atoms with E-state index < -0.39 is 36.1 Å². The molecular weight excluding hydrogens is 1090 g/mol. The second kappa shape index (κ2) is 24.2. The van der Waals surface area contributed by atoms with Gasteiger partial charge in [-0.25, -0.2) is 19.9 Å². The van der Waals surface area contributed by atoms with Gasteiger partial charge in [0.1, 0.15) is 0 Å². The van der Waals surface area contributed by atoms with Crippen LogP contribution in [0.5, 0.6) is 0 Å². The summed E-state index contributed by atoms with van der Waals surface area (Å²) < 4.78 is 7.28. The summed E-state index contributed by atoms with van der Waals surface area (Å²) in [5, 5.41) is 39.4. The number of aromatic nitrogens is 8. The molecule has 0 aromatic carbocycles. The molecule has 6 aromatic rings. The van der Waals surface area contributed by atoms with Crippen LogP contribution in [0.4, 0.5) is 0 Å². The van der Waals surface area contributed by atoms with Crippen LogP contribution < -0.4 is 6.15 Å². The van der Waals surface area contributed by atoms with Gasteiger partial charge in [0.25, 0.3) is 0 Å². The molecule has 444 valence electrons. The fourth-order valence-corrected chi connectivity index (χ4v) is 12.5. The highest BCUT2D eigenvalue weighted by Gasteiger charge is 2.29. The van der Waals surface area contributed by atoms with Gasteiger partial charge >= 0.3 is 23.9 Å². The van der Waals surface area contributed by atoms with Crippen LogP contribution in [0, 0.1) is 27.7 Å². The minimum Gasteiger partial charge on any atom is -0.481 e. The molecule has 18 heteroatoms. The van der Waals surface area contributed by atoms with Crippen LogP contribution in [0.25, 0.3) is 101 Å². The molecule has 4 aliphatic heterocycles. The van der Waals surface area contributed by atoms with Gasteiger partial charge in [-0.2, -0.15) is 0 Å². The molecule has 0 spiro atoms. The third-order valence-electron chi connectivity index (χ3n) is 17.3. The maximum atomic E-state index is 12.1. The van der Waals surface area contributed by atoms with Crippen molar-refractivity contribution in [3.63, 3.8) is 0 Å². The monoisotopic (exact) mass is 1160 g/mol. The zero-order valence-corrected chi connectivity index (χ0v) is 50.6. The number of aliphatic carboxylic acids is 4. The fraction of sp³-hybridized carbons (Fsp3) is 0.294. The van der Waals surface area contributed by atoms with Crippen molar-refractivity contribution in [3.05, 3.63) is 152 Å². The van der Waals surface area contributed by atoms with Gasteiger partial charge in [-0.3, -0.25) is 19.2 Å². The van der Waals surface area contributed by atoms with Crippen molar-refractivity contribution in [1.29, 1.82) is 0 Å². The highest BCUT2D eigenvalue weighted by Crippen LogP contribution is 2.43. The second-order valence-electron chi connectivity index (χ2n) is 22.5. The molecule has 0 saturated carbocycles. The van der Waals surface area contributed by atoms with E-state index in [1.807, 2.05) is 117 Å². The predicted molar refractivity (Wildman–Crippen MR) is 343 cm³/mol. The number of aromatic amines is 4. The summed E-state index contributed by atoms with van der Waals surface area (Å²) in [4.78, 5) is 83.4. The SMILES string of the molecule is C=Cc1c(C)c2cc3nc(cc4nc(cc5[nH]c(cc1[nH]2)c(C)c5CCC(=O)O)C(CCC(=O)O)=C4C)C(C)=C3C(C)OC(C)c1c(C)c2cc3[nH]c(cc4nc(cc5nc(cc1[nH]2)C(C)=C5CCC(=O)O)C(CCC(=O)O)=C4C)c(C)c3C=C.[NH4+]. The van der Waals surface area contributed by atoms with Gasteiger partial charge < -0.3 is 51.2 Å². The van der Waals surface area contributed by atoms with Gasteiger partial charge in [0, 0.05) is 92.1 Å². The van der Waals surface area contributed by atoms with Crippen LogP contribution in [0.15, 0.2) is 61.7 Å². The van der Waals surface area contributed by atoms with E-state index in [1.165, 1.54) is 0 Å². The molecule has 10 heterocycles. The zero-order chi connectivity index (χ0) is 61.0. The van der Waals surface area contributed by atoms with Crippen molar-refractivity contribution < 1.29 is 44.3 Å². The lowest BCUT2D eigenvalue weighted by Gasteiger charge is -2.22. The van der Waals surface area contributed by atoms with E-state index in [2.05, 4.69) is 46.1 Å². The maximum absolute atomic E-state index is 12.1. The second-order valence-corrected chi connectivity index (χ2v) is 22.5. The van der Waals surface area contributed by atoms with Gasteiger partial charge in [-0.05, 0) is 210 Å². The number of aryl methyl sites for hydroxylation is 5. The summed E-state index contributed by atoms with van der Waals surface area (Å²) in [5.74, 6) is -3.74. The van der Waals surface area contributed by atoms with E-state index in [9.17, 15) is 39.6 Å². The molecule has 6 aromatic heterocycles. The molecule has 4 aliphatic rings. The van der Waals surface area contributed by atoms with Crippen LogP contribution in [-0.2, 0) is 30.3 Å². The average Bonchev–Trinajstić information content (AvgIpc) is 1.80. The molecule has 0 fully saturated rings. The van der Waals surface area contributed by atoms with Crippen molar-refractivity contribution in [2.45, 2.75) is 133 Å². The topological polar surface area (TPSA) is 310 Å². The summed E-state index contributed by atoms with van der Waals surface area (Å²) in [6.45, 7) is 28.3. The highest BCUT2D eigenvalue weighted by atomic mass is 16.5. The average molecular weight is 1160 g/mol. The van der Waals surface area contributed by atoms with E-state index in [-0.39, 0.29) is 57.5 Å². The third kappa shape index (κ3) is 11.6. The molecule has 0 radical (unpaired) electrons. The van der Waals surface area contributed by atoms with Gasteiger partial charge in [0.15, 0.2) is 0 Å². The standard InChI is InChI=1S/C68H70N8O9.H3N/c1-13-41-31(3)47-23-48-33(5)43(15-19-63(77)78)57(71-48)30-60-46(18-22-66(83)84)36(8)52(74-60)28-62-68(38(10)54(76-62)26-56(41)69-47)40(12)85-39(11)67-37(9)53-24-49-34(6)44(16-20-64(79)80)58(72-49)29-59-45(17-21-65(81)82)35(7)50(73-59)25-55-42(14-2)32(4)51(70-55)27-61(67)75-53;/h13-14,23-30,39-40,69-70,73,76H,1-2,15-22H2,3-12H3,(H,77,78)(H,79,80)(H,81,82)(H,83,84);1H3/p+1. The van der Waals surface area contributed by atoms with Crippen molar-refractivity contribution in [3.8, 4) is 0 Å². The summed E-state index contributed by atoms with van der Waals surface area (Å²) in [6, 6.07) is 15.7. The number of fused-ring (bicyclic) bond motifs is 16. The molecule has 0 aliphatic carbocycles. The van der Waals surface area contributed by atoms with E-state index in [1.54, 1.807) is 0 Å². The lowest BCUT2D eigenvalue weighted by molar-refractivity contribution is -0.137. The van der Waals surface area contributed by atoms with E-state index in [0.29, 0.717) is 51.1 Å². The Kier molecular flexibility index (Phi) is 17.2. The van der Waals surface area contributed by atoms with Gasteiger partial charge in [0.2, 0.25) is 0 Å². The smallest absolute Gasteiger partial charge is 0.303 e. The lowest BCUT2D eigenvalue weighted by Crippen LogP contribution is -2.14. The highest BCUT2D eigenvalue weighted by molar-refractivity contribution is 5.99. The number of allylic oxidation sites excluding steroid dienone is 7. The van der Waals surface area contributed by atoms with Gasteiger partial charge in [0.05, 0.1) is 57.8 Å². The van der Waals surface area contributed by atoms with E-state index in [4.69, 9.17) is 24.7 Å². The summed E-state index contributed by atoms with van der Waals surface area (Å²) in [5.41, 5.74) is 24.7. The van der Waals surface area contributed by atoms with Crippen molar-refractivity contribution >= 4 is 125 Å². The number of hydrogen-bond acceptors (Lipinski definition) is 9. The minimum absolute atomic E-state index is 0. The third-order valence-corrected chi connectivity index (χ3v) is 17.3. The van der Waals surface area contributed by atoms with Gasteiger partial charge in [-0.1, -0.05) is 25.3 Å².